The molecule has 10 heteroatoms. The molecule has 162 valence electrons. The number of nitriles is 1. The highest BCUT2D eigenvalue weighted by atomic mass is 19.4. The summed E-state index contributed by atoms with van der Waals surface area (Å²) in [4.78, 5) is 18.1. The summed E-state index contributed by atoms with van der Waals surface area (Å²) in [6.07, 6.45) is -3.40. The number of carbonyl (C=O) groups excluding carboxylic acids is 1. The van der Waals surface area contributed by atoms with Gasteiger partial charge in [-0.15, -0.1) is 0 Å². The molecule has 1 amide bonds. The first-order valence-corrected chi connectivity index (χ1v) is 9.17. The number of nitrogens with zero attached hydrogens (tertiary/aromatic N) is 3. The minimum atomic E-state index is -4.72. The SMILES string of the molecule is N#Cc1ccc(CN2Cc3ccnc(Oc4ccc(C(F)(F)F)cc4F)c3C2=O)c(F)c1. The van der Waals surface area contributed by atoms with Gasteiger partial charge < -0.3 is 9.64 Å². The number of aromatic nitrogens is 1. The summed E-state index contributed by atoms with van der Waals surface area (Å²) in [6.45, 7) is 0.00111. The van der Waals surface area contributed by atoms with Crippen molar-refractivity contribution in [2.24, 2.45) is 0 Å². The van der Waals surface area contributed by atoms with Crippen LogP contribution in [0.4, 0.5) is 22.0 Å². The van der Waals surface area contributed by atoms with Gasteiger partial charge in [0, 0.05) is 24.8 Å². The topological polar surface area (TPSA) is 66.2 Å². The highest BCUT2D eigenvalue weighted by molar-refractivity contribution is 6.00. The highest BCUT2D eigenvalue weighted by Crippen LogP contribution is 2.36. The van der Waals surface area contributed by atoms with Crippen LogP contribution in [0.15, 0.2) is 48.7 Å². The number of hydrogen-bond acceptors (Lipinski definition) is 4. The fourth-order valence-corrected chi connectivity index (χ4v) is 3.30. The standard InChI is InChI=1S/C22H12F5N3O2/c23-16-7-12(9-28)1-2-13(16)10-30-11-14-5-6-29-20(19(14)21(30)31)32-18-4-3-15(8-17(18)24)22(25,26)27/h1-8H,10-11H2. The van der Waals surface area contributed by atoms with Gasteiger partial charge in [0.25, 0.3) is 5.91 Å². The van der Waals surface area contributed by atoms with Crippen LogP contribution in [-0.4, -0.2) is 15.8 Å². The predicted molar refractivity (Wildman–Crippen MR) is 100 cm³/mol. The molecule has 1 aliphatic heterocycles. The lowest BCUT2D eigenvalue weighted by molar-refractivity contribution is -0.137. The van der Waals surface area contributed by atoms with Crippen molar-refractivity contribution in [2.75, 3.05) is 0 Å². The smallest absolute Gasteiger partial charge is 0.416 e. The molecule has 5 nitrogen and oxygen atoms in total. The summed E-state index contributed by atoms with van der Waals surface area (Å²) < 4.78 is 71.9. The van der Waals surface area contributed by atoms with Crippen molar-refractivity contribution in [3.05, 3.63) is 88.1 Å². The Labute approximate surface area is 178 Å². The van der Waals surface area contributed by atoms with Crippen molar-refractivity contribution >= 4 is 5.91 Å². The number of rotatable bonds is 4. The van der Waals surface area contributed by atoms with Crippen molar-refractivity contribution in [2.45, 2.75) is 19.3 Å². The fourth-order valence-electron chi connectivity index (χ4n) is 3.30. The Morgan fingerprint density at radius 2 is 1.88 bits per heavy atom. The van der Waals surface area contributed by atoms with Crippen LogP contribution in [0, 0.1) is 23.0 Å². The Hall–Kier alpha value is -4.00. The number of pyridine rings is 1. The Balaban J connectivity index is 1.59. The van der Waals surface area contributed by atoms with E-state index in [1.165, 1.54) is 23.2 Å². The fraction of sp³-hybridized carbons (Fsp3) is 0.136. The van der Waals surface area contributed by atoms with Gasteiger partial charge in [-0.3, -0.25) is 4.79 Å². The van der Waals surface area contributed by atoms with Gasteiger partial charge in [-0.25, -0.2) is 13.8 Å². The lowest BCUT2D eigenvalue weighted by Gasteiger charge is -2.16. The van der Waals surface area contributed by atoms with Gasteiger partial charge in [-0.05, 0) is 42.0 Å². The Morgan fingerprint density at radius 3 is 2.53 bits per heavy atom. The molecule has 0 bridgehead atoms. The first-order chi connectivity index (χ1) is 15.2. The van der Waals surface area contributed by atoms with Crippen LogP contribution in [0.25, 0.3) is 0 Å². The number of amides is 1. The third-order valence-corrected chi connectivity index (χ3v) is 4.87. The van der Waals surface area contributed by atoms with Crippen LogP contribution in [0.3, 0.4) is 0 Å². The van der Waals surface area contributed by atoms with Crippen LogP contribution >= 0.6 is 0 Å². The molecule has 1 aromatic heterocycles. The second kappa shape index (κ2) is 7.92. The minimum Gasteiger partial charge on any atom is -0.435 e. The maximum absolute atomic E-state index is 14.2. The van der Waals surface area contributed by atoms with Crippen LogP contribution in [-0.2, 0) is 19.3 Å². The van der Waals surface area contributed by atoms with Gasteiger partial charge in [0.1, 0.15) is 11.4 Å². The molecule has 0 radical (unpaired) electrons. The van der Waals surface area contributed by atoms with E-state index in [-0.39, 0.29) is 35.7 Å². The van der Waals surface area contributed by atoms with Gasteiger partial charge >= 0.3 is 6.18 Å². The van der Waals surface area contributed by atoms with Crippen LogP contribution in [0.5, 0.6) is 11.6 Å². The van der Waals surface area contributed by atoms with E-state index in [0.29, 0.717) is 17.7 Å². The number of fused-ring (bicyclic) bond motifs is 1. The first-order valence-electron chi connectivity index (χ1n) is 9.17. The van der Waals surface area contributed by atoms with E-state index in [4.69, 9.17) is 10.00 Å². The zero-order valence-electron chi connectivity index (χ0n) is 16.1. The largest absolute Gasteiger partial charge is 0.435 e. The van der Waals surface area contributed by atoms with E-state index in [9.17, 15) is 26.7 Å². The second-order valence-corrected chi connectivity index (χ2v) is 6.97. The highest BCUT2D eigenvalue weighted by Gasteiger charge is 2.34. The minimum absolute atomic E-state index is 0.0147. The number of halogens is 5. The molecule has 0 atom stereocenters. The van der Waals surface area contributed by atoms with Crippen LogP contribution in [0.2, 0.25) is 0 Å². The summed E-state index contributed by atoms with van der Waals surface area (Å²) >= 11 is 0. The van der Waals surface area contributed by atoms with E-state index in [0.717, 1.165) is 12.1 Å². The Bertz CT molecular complexity index is 1270. The van der Waals surface area contributed by atoms with Crippen molar-refractivity contribution in [1.29, 1.82) is 5.26 Å². The lowest BCUT2D eigenvalue weighted by Crippen LogP contribution is -2.24. The summed E-state index contributed by atoms with van der Waals surface area (Å²) in [5.74, 6) is -3.26. The molecule has 3 aromatic rings. The third kappa shape index (κ3) is 3.97. The molecule has 1 aliphatic rings. The maximum atomic E-state index is 14.2. The monoisotopic (exact) mass is 445 g/mol. The normalized spacial score (nSPS) is 13.1. The van der Waals surface area contributed by atoms with E-state index in [2.05, 4.69) is 4.98 Å². The molecule has 0 N–H and O–H groups in total. The molecule has 32 heavy (non-hydrogen) atoms. The van der Waals surface area contributed by atoms with E-state index in [1.807, 2.05) is 6.07 Å². The molecule has 0 saturated carbocycles. The zero-order valence-corrected chi connectivity index (χ0v) is 16.1. The van der Waals surface area contributed by atoms with Gasteiger partial charge in [-0.2, -0.15) is 18.4 Å². The van der Waals surface area contributed by atoms with Crippen molar-refractivity contribution in [3.8, 4) is 17.7 Å². The first kappa shape index (κ1) is 21.2. The van der Waals surface area contributed by atoms with Crippen LogP contribution in [0.1, 0.15) is 32.6 Å². The van der Waals surface area contributed by atoms with Crippen LogP contribution < -0.4 is 4.74 Å². The number of alkyl halides is 3. The second-order valence-electron chi connectivity index (χ2n) is 6.97. The van der Waals surface area contributed by atoms with Crippen molar-refractivity contribution < 1.29 is 31.5 Å². The molecule has 2 heterocycles. The molecule has 2 aromatic carbocycles. The Morgan fingerprint density at radius 1 is 1.09 bits per heavy atom. The third-order valence-electron chi connectivity index (χ3n) is 4.87. The number of ether oxygens (including phenoxy) is 1. The molecule has 0 fully saturated rings. The van der Waals surface area contributed by atoms with Crippen molar-refractivity contribution in [1.82, 2.24) is 9.88 Å². The van der Waals surface area contributed by atoms with E-state index < -0.39 is 35.0 Å². The molecule has 0 aliphatic carbocycles. The van der Waals surface area contributed by atoms with Gasteiger partial charge in [0.15, 0.2) is 11.6 Å². The molecule has 0 unspecified atom stereocenters. The predicted octanol–water partition coefficient (Wildman–Crippen LogP) is 5.20. The molecule has 4 rings (SSSR count). The average Bonchev–Trinajstić information content (AvgIpc) is 3.06. The molecule has 0 spiro atoms. The summed E-state index contributed by atoms with van der Waals surface area (Å²) in [7, 11) is 0. The number of benzene rings is 2. The zero-order chi connectivity index (χ0) is 23.0. The van der Waals surface area contributed by atoms with E-state index >= 15 is 0 Å². The average molecular weight is 445 g/mol. The summed E-state index contributed by atoms with van der Waals surface area (Å²) in [6, 6.07) is 9.00. The van der Waals surface area contributed by atoms with Gasteiger partial charge in [0.05, 0.1) is 17.2 Å². The summed E-state index contributed by atoms with van der Waals surface area (Å²) in [5, 5.41) is 8.84. The van der Waals surface area contributed by atoms with Crippen molar-refractivity contribution in [3.63, 3.8) is 0 Å². The molecule has 0 saturated heterocycles. The summed E-state index contributed by atoms with van der Waals surface area (Å²) in [5.41, 5.74) is -0.349. The molecular formula is C22H12F5N3O2. The quantitative estimate of drug-likeness (QED) is 0.518. The van der Waals surface area contributed by atoms with Gasteiger partial charge in [-0.1, -0.05) is 6.07 Å². The molecular weight excluding hydrogens is 433 g/mol. The number of hydrogen-bond donors (Lipinski definition) is 0. The Kier molecular flexibility index (Phi) is 5.26. The van der Waals surface area contributed by atoms with E-state index in [1.54, 1.807) is 6.07 Å². The lowest BCUT2D eigenvalue weighted by atomic mass is 10.1. The maximum Gasteiger partial charge on any atom is 0.416 e. The van der Waals surface area contributed by atoms with Gasteiger partial charge in [0.2, 0.25) is 5.88 Å². The number of carbonyl (C=O) groups is 1.